The number of allylic oxidation sites excluding steroid dienone is 2. The summed E-state index contributed by atoms with van der Waals surface area (Å²) in [5.41, 5.74) is 13.4. The highest BCUT2D eigenvalue weighted by atomic mass is 15.0. The number of fused-ring (bicyclic) bond motifs is 6. The van der Waals surface area contributed by atoms with Crippen molar-refractivity contribution in [2.24, 2.45) is 0 Å². The zero-order valence-electron chi connectivity index (χ0n) is 25.4. The van der Waals surface area contributed by atoms with Crippen LogP contribution in [-0.4, -0.2) is 4.57 Å². The number of para-hydroxylation sites is 2. The molecule has 0 fully saturated rings. The zero-order valence-corrected chi connectivity index (χ0v) is 25.4. The van der Waals surface area contributed by atoms with E-state index in [0.717, 1.165) is 11.3 Å². The minimum absolute atomic E-state index is 0.104. The van der Waals surface area contributed by atoms with E-state index in [1.54, 1.807) is 0 Å². The molecule has 1 aliphatic carbocycles. The third-order valence-corrected chi connectivity index (χ3v) is 9.60. The molecule has 1 nitrogen and oxygen atoms in total. The van der Waals surface area contributed by atoms with Gasteiger partial charge in [-0.3, -0.25) is 0 Å². The average molecular weight is 586 g/mol. The molecule has 46 heavy (non-hydrogen) atoms. The lowest BCUT2D eigenvalue weighted by molar-refractivity contribution is 1.09. The first-order chi connectivity index (χ1) is 22.7. The Hall–Kier alpha value is -5.92. The first-order valence-corrected chi connectivity index (χ1v) is 15.9. The number of nitrogens with zero attached hydrogens (tertiary/aromatic N) is 1. The van der Waals surface area contributed by atoms with Crippen molar-refractivity contribution in [2.75, 3.05) is 0 Å². The van der Waals surface area contributed by atoms with Crippen molar-refractivity contribution < 1.29 is 0 Å². The molecule has 0 N–H and O–H groups in total. The molecule has 1 atom stereocenters. The van der Waals surface area contributed by atoms with Crippen LogP contribution in [0, 0.1) is 0 Å². The van der Waals surface area contributed by atoms with Crippen molar-refractivity contribution in [3.8, 4) is 16.8 Å². The van der Waals surface area contributed by atoms with Crippen LogP contribution in [0.2, 0.25) is 0 Å². The molecule has 7 aromatic carbocycles. The lowest BCUT2D eigenvalue weighted by Crippen LogP contribution is -2.09. The fourth-order valence-corrected chi connectivity index (χ4v) is 7.44. The molecule has 0 amide bonds. The normalized spacial score (nSPS) is 14.5. The van der Waals surface area contributed by atoms with Crippen LogP contribution in [0.3, 0.4) is 0 Å². The van der Waals surface area contributed by atoms with E-state index in [-0.39, 0.29) is 5.92 Å². The van der Waals surface area contributed by atoms with E-state index in [1.807, 2.05) is 0 Å². The number of hydrogen-bond donors (Lipinski definition) is 0. The number of benzene rings is 7. The van der Waals surface area contributed by atoms with Gasteiger partial charge >= 0.3 is 0 Å². The second-order valence-corrected chi connectivity index (χ2v) is 12.2. The first kappa shape index (κ1) is 26.5. The van der Waals surface area contributed by atoms with Gasteiger partial charge in [0.15, 0.2) is 0 Å². The van der Waals surface area contributed by atoms with Crippen LogP contribution in [0.4, 0.5) is 0 Å². The second-order valence-electron chi connectivity index (χ2n) is 12.2. The van der Waals surface area contributed by atoms with Gasteiger partial charge in [-0.25, -0.2) is 0 Å². The van der Waals surface area contributed by atoms with E-state index >= 15 is 0 Å². The molecule has 216 valence electrons. The Morgan fingerprint density at radius 1 is 0.478 bits per heavy atom. The maximum Gasteiger partial charge on any atom is 0.0541 e. The van der Waals surface area contributed by atoms with Crippen molar-refractivity contribution >= 4 is 43.7 Å². The molecule has 0 spiro atoms. The van der Waals surface area contributed by atoms with E-state index in [4.69, 9.17) is 0 Å². The van der Waals surface area contributed by atoms with E-state index in [2.05, 4.69) is 181 Å². The first-order valence-electron chi connectivity index (χ1n) is 15.9. The zero-order chi connectivity index (χ0) is 30.6. The standard InChI is InChI=1S/C45H31N/c1-30-37-26-25-32-15-5-6-20-38(32)45(37)42(29-41(30)31-13-3-2-4-14-31)35-18-11-16-33(27-35)34-17-12-19-36(28-34)46-43-23-9-7-21-39(43)40-22-8-10-24-44(40)46/h2-29,41H,1H2. The quantitative estimate of drug-likeness (QED) is 0.194. The van der Waals surface area contributed by atoms with Crippen molar-refractivity contribution in [3.63, 3.8) is 0 Å². The summed E-state index contributed by atoms with van der Waals surface area (Å²) in [6.07, 6.45) is 2.43. The van der Waals surface area contributed by atoms with Crippen LogP contribution in [0.15, 0.2) is 176 Å². The van der Waals surface area contributed by atoms with Gasteiger partial charge in [0.25, 0.3) is 0 Å². The van der Waals surface area contributed by atoms with Gasteiger partial charge in [0.2, 0.25) is 0 Å². The maximum absolute atomic E-state index is 4.64. The third kappa shape index (κ3) is 4.17. The fraction of sp³-hybridized carbons (Fsp3) is 0.0222. The summed E-state index contributed by atoms with van der Waals surface area (Å²) in [6.45, 7) is 4.64. The summed E-state index contributed by atoms with van der Waals surface area (Å²) in [4.78, 5) is 0. The summed E-state index contributed by atoms with van der Waals surface area (Å²) in [6, 6.07) is 59.3. The van der Waals surface area contributed by atoms with Gasteiger partial charge < -0.3 is 4.57 Å². The van der Waals surface area contributed by atoms with Crippen molar-refractivity contribution in [1.82, 2.24) is 4.57 Å². The molecule has 0 saturated carbocycles. The predicted octanol–water partition coefficient (Wildman–Crippen LogP) is 11.8. The van der Waals surface area contributed by atoms with Gasteiger partial charge in [-0.05, 0) is 85.6 Å². The van der Waals surface area contributed by atoms with Crippen LogP contribution in [0.25, 0.3) is 60.5 Å². The topological polar surface area (TPSA) is 4.93 Å². The van der Waals surface area contributed by atoms with E-state index in [1.165, 1.54) is 71.5 Å². The van der Waals surface area contributed by atoms with Gasteiger partial charge in [0.05, 0.1) is 11.0 Å². The fourth-order valence-electron chi connectivity index (χ4n) is 7.44. The molecule has 9 rings (SSSR count). The van der Waals surface area contributed by atoms with E-state index in [0.29, 0.717) is 0 Å². The van der Waals surface area contributed by atoms with Crippen LogP contribution >= 0.6 is 0 Å². The smallest absolute Gasteiger partial charge is 0.0541 e. The maximum atomic E-state index is 4.64. The largest absolute Gasteiger partial charge is 0.309 e. The van der Waals surface area contributed by atoms with Gasteiger partial charge in [-0.15, -0.1) is 0 Å². The Morgan fingerprint density at radius 2 is 1.09 bits per heavy atom. The monoisotopic (exact) mass is 585 g/mol. The number of rotatable bonds is 4. The average Bonchev–Trinajstić information content (AvgIpc) is 3.47. The summed E-state index contributed by atoms with van der Waals surface area (Å²) in [5.74, 6) is 0.104. The lowest BCUT2D eigenvalue weighted by Gasteiger charge is -2.29. The molecule has 1 aromatic heterocycles. The minimum Gasteiger partial charge on any atom is -0.309 e. The van der Waals surface area contributed by atoms with Crippen LogP contribution in [0.1, 0.15) is 28.2 Å². The Morgan fingerprint density at radius 3 is 1.85 bits per heavy atom. The molecule has 8 aromatic rings. The number of aromatic nitrogens is 1. The molecule has 1 aliphatic rings. The summed E-state index contributed by atoms with van der Waals surface area (Å²) < 4.78 is 2.39. The highest BCUT2D eigenvalue weighted by Crippen LogP contribution is 2.47. The van der Waals surface area contributed by atoms with Crippen molar-refractivity contribution in [2.45, 2.75) is 5.92 Å². The molecule has 0 aliphatic heterocycles. The molecule has 0 saturated heterocycles. The second kappa shape index (κ2) is 10.6. The van der Waals surface area contributed by atoms with E-state index < -0.39 is 0 Å². The van der Waals surface area contributed by atoms with Gasteiger partial charge in [-0.1, -0.05) is 146 Å². The SMILES string of the molecule is C=C1c2ccc3ccccc3c2C(c2cccc(-c3cccc(-n4c5ccccc5c5ccccc54)c3)c2)=CC1c1ccccc1. The lowest BCUT2D eigenvalue weighted by atomic mass is 9.75. The molecular formula is C45H31N. The van der Waals surface area contributed by atoms with Gasteiger partial charge in [0, 0.05) is 22.4 Å². The van der Waals surface area contributed by atoms with E-state index in [9.17, 15) is 0 Å². The highest BCUT2D eigenvalue weighted by Gasteiger charge is 2.27. The van der Waals surface area contributed by atoms with Crippen molar-refractivity contribution in [1.29, 1.82) is 0 Å². The number of hydrogen-bond acceptors (Lipinski definition) is 0. The van der Waals surface area contributed by atoms with Crippen LogP contribution in [-0.2, 0) is 0 Å². The molecule has 0 radical (unpaired) electrons. The van der Waals surface area contributed by atoms with Crippen molar-refractivity contribution in [3.05, 3.63) is 199 Å². The van der Waals surface area contributed by atoms with Crippen LogP contribution < -0.4 is 0 Å². The third-order valence-electron chi connectivity index (χ3n) is 9.60. The summed E-state index contributed by atoms with van der Waals surface area (Å²) in [5, 5.41) is 5.05. The summed E-state index contributed by atoms with van der Waals surface area (Å²) >= 11 is 0. The minimum atomic E-state index is 0.104. The Labute approximate surface area is 269 Å². The van der Waals surface area contributed by atoms with Gasteiger partial charge in [-0.2, -0.15) is 0 Å². The molecular weight excluding hydrogens is 555 g/mol. The predicted molar refractivity (Wildman–Crippen MR) is 195 cm³/mol. The van der Waals surface area contributed by atoms with Gasteiger partial charge in [0.1, 0.15) is 0 Å². The molecule has 0 bridgehead atoms. The Balaban J connectivity index is 1.21. The van der Waals surface area contributed by atoms with Crippen LogP contribution in [0.5, 0.6) is 0 Å². The Kier molecular flexibility index (Phi) is 6.11. The molecule has 1 heteroatoms. The molecule has 1 unspecified atom stereocenters. The highest BCUT2D eigenvalue weighted by molar-refractivity contribution is 6.09. The molecule has 1 heterocycles. The summed E-state index contributed by atoms with van der Waals surface area (Å²) in [7, 11) is 0. The Bertz CT molecular complexity index is 2440.